The third-order valence-electron chi connectivity index (χ3n) is 2.66. The van der Waals surface area contributed by atoms with Gasteiger partial charge in [0.25, 0.3) is 5.03 Å². The molecule has 1 heterocycles. The maximum absolute atomic E-state index is 12.0. The molecule has 110 valence electrons. The van der Waals surface area contributed by atoms with Crippen LogP contribution in [0, 0.1) is 0 Å². The second-order valence-corrected chi connectivity index (χ2v) is 5.23. The van der Waals surface area contributed by atoms with Crippen molar-refractivity contribution in [1.82, 2.24) is 0 Å². The SMILES string of the molecule is CSc1c(O)ccc[n+]1/C=C/C(=O)c1ccc(Cl)cc1.[Cl-]. The van der Waals surface area contributed by atoms with Crippen molar-refractivity contribution < 1.29 is 26.9 Å². The minimum Gasteiger partial charge on any atom is -1.00 e. The zero-order chi connectivity index (χ0) is 14.5. The van der Waals surface area contributed by atoms with Crippen molar-refractivity contribution in [1.29, 1.82) is 0 Å². The molecule has 2 aromatic rings. The van der Waals surface area contributed by atoms with E-state index in [9.17, 15) is 9.90 Å². The van der Waals surface area contributed by atoms with Gasteiger partial charge in [-0.1, -0.05) is 23.4 Å². The first kappa shape index (κ1) is 17.6. The van der Waals surface area contributed by atoms with Gasteiger partial charge in [-0.2, -0.15) is 4.57 Å². The molecule has 1 aromatic carbocycles. The van der Waals surface area contributed by atoms with Gasteiger partial charge in [0.1, 0.15) is 0 Å². The van der Waals surface area contributed by atoms with E-state index in [1.54, 1.807) is 53.4 Å². The molecule has 0 aliphatic rings. The van der Waals surface area contributed by atoms with E-state index in [1.807, 2.05) is 6.26 Å². The number of allylic oxidation sites excluding steroid dienone is 1. The average molecular weight is 342 g/mol. The van der Waals surface area contributed by atoms with Crippen LogP contribution < -0.4 is 17.0 Å². The molecule has 6 heteroatoms. The van der Waals surface area contributed by atoms with E-state index in [2.05, 4.69) is 0 Å². The van der Waals surface area contributed by atoms with Crippen LogP contribution in [-0.4, -0.2) is 17.1 Å². The first-order chi connectivity index (χ1) is 9.61. The van der Waals surface area contributed by atoms with Crippen LogP contribution in [0.15, 0.2) is 53.7 Å². The number of halogens is 2. The molecule has 21 heavy (non-hydrogen) atoms. The average Bonchev–Trinajstić information content (AvgIpc) is 2.45. The number of ketones is 1. The summed E-state index contributed by atoms with van der Waals surface area (Å²) in [6.45, 7) is 0. The van der Waals surface area contributed by atoms with Crippen molar-refractivity contribution in [2.75, 3.05) is 6.26 Å². The Balaban J connectivity index is 0.00000220. The van der Waals surface area contributed by atoms with E-state index in [-0.39, 0.29) is 23.9 Å². The number of aromatic hydroxyl groups is 1. The van der Waals surface area contributed by atoms with E-state index in [0.29, 0.717) is 15.6 Å². The monoisotopic (exact) mass is 341 g/mol. The molecular weight excluding hydrogens is 329 g/mol. The standard InChI is InChI=1S/C15H12ClNO2S.ClH/c1-20-15-14(19)3-2-9-17(15)10-8-13(18)11-4-6-12(16)7-5-11;/h2-10H,1H3;1H/b10-8+;. The molecule has 0 atom stereocenters. The van der Waals surface area contributed by atoms with E-state index in [0.717, 1.165) is 0 Å². The summed E-state index contributed by atoms with van der Waals surface area (Å²) in [7, 11) is 0. The third kappa shape index (κ3) is 4.49. The molecular formula is C15H13Cl2NO2S. The topological polar surface area (TPSA) is 41.2 Å². The molecule has 3 nitrogen and oxygen atoms in total. The lowest BCUT2D eigenvalue weighted by molar-refractivity contribution is -0.610. The summed E-state index contributed by atoms with van der Waals surface area (Å²) < 4.78 is 1.70. The molecule has 1 N–H and O–H groups in total. The van der Waals surface area contributed by atoms with Gasteiger partial charge in [0.05, 0.1) is 6.08 Å². The van der Waals surface area contributed by atoms with Gasteiger partial charge in [-0.3, -0.25) is 4.79 Å². The highest BCUT2D eigenvalue weighted by Gasteiger charge is 2.12. The molecule has 0 spiro atoms. The van der Waals surface area contributed by atoms with Crippen LogP contribution in [0.3, 0.4) is 0 Å². The molecule has 0 bridgehead atoms. The summed E-state index contributed by atoms with van der Waals surface area (Å²) in [5.74, 6) is 0.0631. The fraction of sp³-hybridized carbons (Fsp3) is 0.0667. The quantitative estimate of drug-likeness (QED) is 0.379. The van der Waals surface area contributed by atoms with E-state index < -0.39 is 0 Å². The van der Waals surface area contributed by atoms with Crippen molar-refractivity contribution in [3.8, 4) is 5.75 Å². The largest absolute Gasteiger partial charge is 1.00 e. The maximum atomic E-state index is 12.0. The van der Waals surface area contributed by atoms with Crippen LogP contribution in [-0.2, 0) is 0 Å². The summed E-state index contributed by atoms with van der Waals surface area (Å²) in [6.07, 6.45) is 6.72. The molecule has 1 aromatic heterocycles. The molecule has 0 amide bonds. The summed E-state index contributed by atoms with van der Waals surface area (Å²) in [5, 5.41) is 11.0. The molecule has 0 fully saturated rings. The van der Waals surface area contributed by atoms with Crippen LogP contribution in [0.4, 0.5) is 0 Å². The van der Waals surface area contributed by atoms with Gasteiger partial charge in [-0.25, -0.2) is 0 Å². The van der Waals surface area contributed by atoms with E-state index >= 15 is 0 Å². The van der Waals surface area contributed by atoms with Crippen molar-refractivity contribution >= 4 is 35.3 Å². The predicted octanol–water partition coefficient (Wildman–Crippen LogP) is 0.413. The summed E-state index contributed by atoms with van der Waals surface area (Å²) >= 11 is 7.19. The molecule has 0 radical (unpaired) electrons. The number of benzene rings is 1. The fourth-order valence-electron chi connectivity index (χ4n) is 1.68. The molecule has 0 aliphatic carbocycles. The summed E-state index contributed by atoms with van der Waals surface area (Å²) in [4.78, 5) is 12.0. The lowest BCUT2D eigenvalue weighted by Crippen LogP contribution is -3.00. The minimum atomic E-state index is -0.121. The van der Waals surface area contributed by atoms with Crippen LogP contribution in [0.1, 0.15) is 10.4 Å². The Bertz CT molecular complexity index is 657. The highest BCUT2D eigenvalue weighted by molar-refractivity contribution is 7.98. The van der Waals surface area contributed by atoms with Crippen LogP contribution in [0.2, 0.25) is 5.02 Å². The fourth-order valence-corrected chi connectivity index (χ4v) is 2.42. The predicted molar refractivity (Wildman–Crippen MR) is 81.2 cm³/mol. The highest BCUT2D eigenvalue weighted by Crippen LogP contribution is 2.21. The lowest BCUT2D eigenvalue weighted by Gasteiger charge is -1.98. The van der Waals surface area contributed by atoms with Gasteiger partial charge in [0, 0.05) is 16.7 Å². The van der Waals surface area contributed by atoms with Crippen LogP contribution in [0.25, 0.3) is 6.20 Å². The van der Waals surface area contributed by atoms with Crippen LogP contribution in [0.5, 0.6) is 5.75 Å². The van der Waals surface area contributed by atoms with Gasteiger partial charge in [-0.15, -0.1) is 0 Å². The van der Waals surface area contributed by atoms with Crippen molar-refractivity contribution in [2.24, 2.45) is 0 Å². The van der Waals surface area contributed by atoms with Gasteiger partial charge >= 0.3 is 0 Å². The second-order valence-electron chi connectivity index (χ2n) is 4.00. The molecule has 0 saturated heterocycles. The third-order valence-corrected chi connectivity index (χ3v) is 3.72. The number of hydrogen-bond acceptors (Lipinski definition) is 3. The van der Waals surface area contributed by atoms with Gasteiger partial charge in [0.15, 0.2) is 23.9 Å². The Hall–Kier alpha value is -1.49. The lowest BCUT2D eigenvalue weighted by atomic mass is 10.1. The minimum absolute atomic E-state index is 0. The normalized spacial score (nSPS) is 10.4. The van der Waals surface area contributed by atoms with Gasteiger partial charge in [0.2, 0.25) is 0 Å². The van der Waals surface area contributed by atoms with E-state index in [4.69, 9.17) is 11.6 Å². The Morgan fingerprint density at radius 3 is 2.57 bits per heavy atom. The molecule has 0 unspecified atom stereocenters. The Morgan fingerprint density at radius 1 is 1.29 bits per heavy atom. The molecule has 0 saturated carbocycles. The number of carbonyl (C=O) groups is 1. The smallest absolute Gasteiger partial charge is 0.287 e. The zero-order valence-corrected chi connectivity index (χ0v) is 13.5. The Labute approximate surface area is 138 Å². The maximum Gasteiger partial charge on any atom is 0.287 e. The highest BCUT2D eigenvalue weighted by atomic mass is 35.5. The van der Waals surface area contributed by atoms with Crippen molar-refractivity contribution in [2.45, 2.75) is 5.03 Å². The molecule has 2 rings (SSSR count). The second kappa shape index (κ2) is 8.08. The van der Waals surface area contributed by atoms with Gasteiger partial charge < -0.3 is 17.5 Å². The van der Waals surface area contributed by atoms with Crippen molar-refractivity contribution in [3.63, 3.8) is 0 Å². The number of pyridine rings is 1. The van der Waals surface area contributed by atoms with Crippen LogP contribution >= 0.6 is 23.4 Å². The number of rotatable bonds is 4. The Kier molecular flexibility index (Phi) is 6.75. The molecule has 0 aliphatic heterocycles. The first-order valence-corrected chi connectivity index (χ1v) is 7.47. The number of aromatic nitrogens is 1. The zero-order valence-electron chi connectivity index (χ0n) is 11.2. The first-order valence-electron chi connectivity index (χ1n) is 5.87. The number of nitrogens with zero attached hydrogens (tertiary/aromatic N) is 1. The number of thioether (sulfide) groups is 1. The van der Waals surface area contributed by atoms with Gasteiger partial charge in [-0.05, 0) is 36.6 Å². The van der Waals surface area contributed by atoms with Crippen molar-refractivity contribution in [3.05, 3.63) is 59.3 Å². The van der Waals surface area contributed by atoms with E-state index in [1.165, 1.54) is 17.8 Å². The Morgan fingerprint density at radius 2 is 1.95 bits per heavy atom. The number of hydrogen-bond donors (Lipinski definition) is 1. The summed E-state index contributed by atoms with van der Waals surface area (Å²) in [6, 6.07) is 10.0. The number of carbonyl (C=O) groups excluding carboxylic acids is 1. The summed E-state index contributed by atoms with van der Waals surface area (Å²) in [5.41, 5.74) is 0.567.